The van der Waals surface area contributed by atoms with Crippen molar-refractivity contribution < 1.29 is 37.6 Å². The summed E-state index contributed by atoms with van der Waals surface area (Å²) in [7, 11) is 3.33. The van der Waals surface area contributed by atoms with Crippen molar-refractivity contribution in [2.75, 3.05) is 72.5 Å². The van der Waals surface area contributed by atoms with Crippen molar-refractivity contribution >= 4 is 33.4 Å². The van der Waals surface area contributed by atoms with Crippen LogP contribution in [0, 0.1) is 17.8 Å². The van der Waals surface area contributed by atoms with Crippen LogP contribution in [0.5, 0.6) is 5.75 Å². The maximum absolute atomic E-state index is 12.2. The third-order valence-electron chi connectivity index (χ3n) is 5.05. The lowest BCUT2D eigenvalue weighted by Gasteiger charge is -2.22. The van der Waals surface area contributed by atoms with E-state index in [0.717, 1.165) is 0 Å². The molecule has 264 valence electrons. The standard InChI is InChI=1S/C31H51N3O7S2.C2H6.3H2/c1-25(2)9-7-16-37-18-15-33-28(35)12-8-17-38-19-20-39-21-22-40-29(42-43-31(3,4)5)24-41-27-11-6-10-26(23-27)30(36)34-14-13-32;1-2;;;/h6,10-11,23,25,29H,8,12-22,24,32H2,1-5H3,(H,33,35)(H,34,36);1-2H3;3*1H. The topological polar surface area (TPSA) is 130 Å². The van der Waals surface area contributed by atoms with Gasteiger partial charge in [0, 0.05) is 53.2 Å². The van der Waals surface area contributed by atoms with Crippen molar-refractivity contribution in [1.82, 2.24) is 10.6 Å². The molecule has 1 unspecified atom stereocenters. The second kappa shape index (κ2) is 28.3. The van der Waals surface area contributed by atoms with E-state index in [-0.39, 0.29) is 26.3 Å². The molecular weight excluding hydrogens is 615 g/mol. The number of rotatable bonds is 23. The van der Waals surface area contributed by atoms with Crippen molar-refractivity contribution in [3.63, 3.8) is 0 Å². The van der Waals surface area contributed by atoms with Gasteiger partial charge < -0.3 is 40.1 Å². The van der Waals surface area contributed by atoms with E-state index in [4.69, 9.17) is 29.4 Å². The van der Waals surface area contributed by atoms with Crippen molar-refractivity contribution in [1.29, 1.82) is 0 Å². The molecule has 0 spiro atoms. The number of carbonyl (C=O) groups excluding carboxylic acids is 2. The predicted octanol–water partition coefficient (Wildman–Crippen LogP) is 5.65. The summed E-state index contributed by atoms with van der Waals surface area (Å²) in [5, 5.41) is 5.59. The molecule has 1 aromatic carbocycles. The summed E-state index contributed by atoms with van der Waals surface area (Å²) >= 11 is 0. The Bertz CT molecular complexity index is 982. The first kappa shape index (κ1) is 43.0. The van der Waals surface area contributed by atoms with Gasteiger partial charge in [0.2, 0.25) is 5.91 Å². The highest BCUT2D eigenvalue weighted by atomic mass is 33.1. The van der Waals surface area contributed by atoms with Crippen LogP contribution in [0.25, 0.3) is 0 Å². The molecule has 0 saturated heterocycles. The SMILES string of the molecule is CC.CC(C)C#CCOCCNC(=O)CCCOCCOCCOC(COc1cccc(C(=O)NCCN)c1)SSC(C)(C)C.[HH].[HH].[HH]. The predicted molar refractivity (Wildman–Crippen MR) is 193 cm³/mol. The first-order valence-corrected chi connectivity index (χ1v) is 18.0. The fourth-order valence-electron chi connectivity index (χ4n) is 3.10. The van der Waals surface area contributed by atoms with Gasteiger partial charge in [-0.1, -0.05) is 88.0 Å². The average molecular weight is 678 g/mol. The Morgan fingerprint density at radius 1 is 0.978 bits per heavy atom. The molecule has 1 aromatic rings. The fraction of sp³-hybridized carbons (Fsp3) is 0.697. The highest BCUT2D eigenvalue weighted by molar-refractivity contribution is 8.77. The number of carbonyl (C=O) groups is 2. The molecule has 12 heteroatoms. The molecule has 45 heavy (non-hydrogen) atoms. The van der Waals surface area contributed by atoms with Crippen LogP contribution >= 0.6 is 21.6 Å². The molecule has 1 rings (SSSR count). The molecule has 0 radical (unpaired) electrons. The number of hydrogen-bond donors (Lipinski definition) is 3. The molecule has 0 aliphatic carbocycles. The second-order valence-corrected chi connectivity index (χ2v) is 13.9. The Balaban J connectivity index is -0.00000190. The largest absolute Gasteiger partial charge is 0.490 e. The minimum atomic E-state index is -0.227. The number of nitrogens with two attached hydrogens (primary N) is 1. The fourth-order valence-corrected chi connectivity index (χ4v) is 5.29. The molecule has 0 bridgehead atoms. The highest BCUT2D eigenvalue weighted by Crippen LogP contribution is 2.38. The van der Waals surface area contributed by atoms with E-state index in [0.29, 0.717) is 103 Å². The van der Waals surface area contributed by atoms with Crippen LogP contribution in [0.1, 0.15) is 75.9 Å². The molecule has 0 aliphatic heterocycles. The maximum atomic E-state index is 12.2. The third-order valence-corrected chi connectivity index (χ3v) is 8.56. The van der Waals surface area contributed by atoms with Gasteiger partial charge in [-0.25, -0.2) is 0 Å². The lowest BCUT2D eigenvalue weighted by Crippen LogP contribution is -2.29. The molecule has 0 saturated carbocycles. The number of hydrogen-bond acceptors (Lipinski definition) is 10. The third kappa shape index (κ3) is 26.9. The molecule has 0 aromatic heterocycles. The van der Waals surface area contributed by atoms with Gasteiger partial charge in [-0.3, -0.25) is 9.59 Å². The Hall–Kier alpha value is -1.98. The Morgan fingerprint density at radius 3 is 2.38 bits per heavy atom. The zero-order valence-corrected chi connectivity index (χ0v) is 30.0. The van der Waals surface area contributed by atoms with E-state index in [9.17, 15) is 9.59 Å². The van der Waals surface area contributed by atoms with E-state index < -0.39 is 0 Å². The van der Waals surface area contributed by atoms with Crippen LogP contribution in [0.2, 0.25) is 0 Å². The summed E-state index contributed by atoms with van der Waals surface area (Å²) in [6, 6.07) is 7.05. The Labute approximate surface area is 284 Å². The zero-order chi connectivity index (χ0) is 33.8. The summed E-state index contributed by atoms with van der Waals surface area (Å²) in [4.78, 5) is 24.1. The number of nitrogens with one attached hydrogen (secondary N) is 2. The molecule has 4 N–H and O–H groups in total. The van der Waals surface area contributed by atoms with Gasteiger partial charge in [0.05, 0.1) is 33.0 Å². The summed E-state index contributed by atoms with van der Waals surface area (Å²) in [6.07, 6.45) is 1.04. The molecule has 0 heterocycles. The zero-order valence-electron chi connectivity index (χ0n) is 28.4. The van der Waals surface area contributed by atoms with Crippen LogP contribution in [-0.2, 0) is 23.7 Å². The summed E-state index contributed by atoms with van der Waals surface area (Å²) in [5.41, 5.74) is 5.75. The minimum absolute atomic E-state index is 0. The first-order valence-electron chi connectivity index (χ1n) is 15.8. The number of benzene rings is 1. The van der Waals surface area contributed by atoms with Crippen molar-refractivity contribution in [3.8, 4) is 17.6 Å². The molecule has 0 aliphatic rings. The van der Waals surface area contributed by atoms with E-state index in [1.165, 1.54) is 0 Å². The van der Waals surface area contributed by atoms with Gasteiger partial charge in [0.15, 0.2) is 0 Å². The lowest BCUT2D eigenvalue weighted by molar-refractivity contribution is -0.121. The number of ether oxygens (including phenoxy) is 5. The molecule has 0 fully saturated rings. The molecular formula is C33H63N3O7S2. The van der Waals surface area contributed by atoms with Gasteiger partial charge in [-0.05, 0) is 24.6 Å². The average Bonchev–Trinajstić information content (AvgIpc) is 3.01. The van der Waals surface area contributed by atoms with Crippen LogP contribution in [0.3, 0.4) is 0 Å². The van der Waals surface area contributed by atoms with E-state index in [2.05, 4.69) is 43.2 Å². The Kier molecular flexibility index (Phi) is 27.0. The first-order chi connectivity index (χ1) is 21.6. The van der Waals surface area contributed by atoms with Gasteiger partial charge in [0.25, 0.3) is 5.91 Å². The van der Waals surface area contributed by atoms with E-state index >= 15 is 0 Å². The van der Waals surface area contributed by atoms with Crippen LogP contribution in [0.15, 0.2) is 24.3 Å². The molecule has 1 atom stereocenters. The van der Waals surface area contributed by atoms with Crippen LogP contribution in [-0.4, -0.2) is 94.5 Å². The monoisotopic (exact) mass is 677 g/mol. The van der Waals surface area contributed by atoms with Gasteiger partial charge in [-0.2, -0.15) is 0 Å². The van der Waals surface area contributed by atoms with Crippen molar-refractivity contribution in [2.24, 2.45) is 11.7 Å². The maximum Gasteiger partial charge on any atom is 0.251 e. The van der Waals surface area contributed by atoms with E-state index in [1.54, 1.807) is 39.8 Å². The van der Waals surface area contributed by atoms with Gasteiger partial charge in [-0.15, -0.1) is 0 Å². The van der Waals surface area contributed by atoms with E-state index in [1.807, 2.05) is 33.8 Å². The molecule has 10 nitrogen and oxygen atoms in total. The quantitative estimate of drug-likeness (QED) is 0.0579. The normalized spacial score (nSPS) is 11.6. The summed E-state index contributed by atoms with van der Waals surface area (Å²) < 4.78 is 28.6. The second-order valence-electron chi connectivity index (χ2n) is 10.7. The number of amides is 2. The highest BCUT2D eigenvalue weighted by Gasteiger charge is 2.18. The smallest absolute Gasteiger partial charge is 0.251 e. The van der Waals surface area contributed by atoms with Crippen molar-refractivity contribution in [3.05, 3.63) is 29.8 Å². The van der Waals surface area contributed by atoms with Crippen LogP contribution in [0.4, 0.5) is 0 Å². The molecule has 2 amide bonds. The van der Waals surface area contributed by atoms with Gasteiger partial charge in [0.1, 0.15) is 24.4 Å². The van der Waals surface area contributed by atoms with Crippen molar-refractivity contribution in [2.45, 2.75) is 71.5 Å². The van der Waals surface area contributed by atoms with Gasteiger partial charge >= 0.3 is 0 Å². The summed E-state index contributed by atoms with van der Waals surface area (Å²) in [6.45, 7) is 19.1. The Morgan fingerprint density at radius 2 is 1.69 bits per heavy atom. The van der Waals surface area contributed by atoms with Crippen LogP contribution < -0.4 is 21.1 Å². The summed E-state index contributed by atoms with van der Waals surface area (Å²) in [5.74, 6) is 6.69. The minimum Gasteiger partial charge on any atom is -0.490 e. The lowest BCUT2D eigenvalue weighted by atomic mass is 10.2.